The maximum absolute atomic E-state index is 14.6. The van der Waals surface area contributed by atoms with Crippen molar-refractivity contribution in [3.8, 4) is 33.9 Å². The SMILES string of the molecule is CC(C)Nc1cncc(-c2cc3c(-c4nc5c(-c6cc(F)cc(CNS(C)(=O)=O)c6)ccnc5[nH]4)n[nH]c3cn2)c1. The molecule has 5 heterocycles. The van der Waals surface area contributed by atoms with E-state index in [-0.39, 0.29) is 12.6 Å². The van der Waals surface area contributed by atoms with Gasteiger partial charge in [0, 0.05) is 47.7 Å². The quantitative estimate of drug-likeness (QED) is 0.206. The van der Waals surface area contributed by atoms with Crippen LogP contribution >= 0.6 is 0 Å². The van der Waals surface area contributed by atoms with Crippen molar-refractivity contribution in [1.29, 1.82) is 0 Å². The fourth-order valence-corrected chi connectivity index (χ4v) is 5.05. The molecule has 13 heteroatoms. The van der Waals surface area contributed by atoms with Crippen molar-refractivity contribution in [1.82, 2.24) is 39.8 Å². The van der Waals surface area contributed by atoms with E-state index >= 15 is 0 Å². The largest absolute Gasteiger partial charge is 0.382 e. The van der Waals surface area contributed by atoms with Gasteiger partial charge in [-0.3, -0.25) is 15.1 Å². The average molecular weight is 572 g/mol. The molecule has 1 aromatic carbocycles. The van der Waals surface area contributed by atoms with Gasteiger partial charge in [0.05, 0.1) is 29.4 Å². The van der Waals surface area contributed by atoms with Gasteiger partial charge in [-0.1, -0.05) is 0 Å². The lowest BCUT2D eigenvalue weighted by Gasteiger charge is -2.10. The second-order valence-electron chi connectivity index (χ2n) is 10.0. The minimum Gasteiger partial charge on any atom is -0.382 e. The molecule has 6 aromatic rings. The van der Waals surface area contributed by atoms with E-state index in [2.05, 4.69) is 54.0 Å². The first-order valence-electron chi connectivity index (χ1n) is 12.8. The van der Waals surface area contributed by atoms with E-state index in [0.717, 1.165) is 34.1 Å². The minimum atomic E-state index is -3.44. The topological polar surface area (TPSA) is 154 Å². The van der Waals surface area contributed by atoms with Crippen LogP contribution < -0.4 is 10.0 Å². The summed E-state index contributed by atoms with van der Waals surface area (Å²) >= 11 is 0. The Labute approximate surface area is 234 Å². The molecule has 0 aliphatic carbocycles. The predicted molar refractivity (Wildman–Crippen MR) is 156 cm³/mol. The molecule has 41 heavy (non-hydrogen) atoms. The molecule has 0 saturated carbocycles. The number of halogens is 1. The standard InChI is InChI=1S/C28H26FN9O2S/c1-15(2)34-20-9-18(12-30-13-20)23-10-22-24(14-32-23)37-38-26(22)28-35-25-21(4-5-31-27(25)36-28)17-6-16(7-19(29)8-17)11-33-41(3,39)40/h4-10,12-15,33-34H,11H2,1-3H3,(H,37,38)(H,31,35,36). The van der Waals surface area contributed by atoms with Crippen LogP contribution in [0.25, 0.3) is 56.0 Å². The van der Waals surface area contributed by atoms with E-state index in [0.29, 0.717) is 39.4 Å². The van der Waals surface area contributed by atoms with Crippen LogP contribution in [0.5, 0.6) is 0 Å². The number of sulfonamides is 1. The molecule has 208 valence electrons. The molecule has 0 bridgehead atoms. The normalized spacial score (nSPS) is 12.0. The molecular weight excluding hydrogens is 545 g/mol. The van der Waals surface area contributed by atoms with Crippen molar-refractivity contribution in [2.24, 2.45) is 0 Å². The summed E-state index contributed by atoms with van der Waals surface area (Å²) in [6, 6.07) is 10.3. The van der Waals surface area contributed by atoms with E-state index in [9.17, 15) is 12.8 Å². The van der Waals surface area contributed by atoms with Gasteiger partial charge in [-0.2, -0.15) is 5.10 Å². The number of nitrogens with one attached hydrogen (secondary N) is 4. The molecule has 5 aromatic heterocycles. The Kier molecular flexibility index (Phi) is 6.67. The zero-order valence-electron chi connectivity index (χ0n) is 22.4. The second kappa shape index (κ2) is 10.3. The van der Waals surface area contributed by atoms with Gasteiger partial charge < -0.3 is 10.3 Å². The summed E-state index contributed by atoms with van der Waals surface area (Å²) in [5.41, 5.74) is 6.47. The lowest BCUT2D eigenvalue weighted by molar-refractivity contribution is 0.586. The molecule has 11 nitrogen and oxygen atoms in total. The number of hydrogen-bond donors (Lipinski definition) is 4. The number of H-pyrrole nitrogens is 2. The molecule has 0 radical (unpaired) electrons. The number of imidazole rings is 1. The number of hydrogen-bond acceptors (Lipinski definition) is 8. The number of rotatable bonds is 8. The number of aromatic amines is 2. The van der Waals surface area contributed by atoms with Crippen molar-refractivity contribution >= 4 is 37.8 Å². The molecule has 0 aliphatic rings. The monoisotopic (exact) mass is 571 g/mol. The van der Waals surface area contributed by atoms with Gasteiger partial charge in [0.2, 0.25) is 10.0 Å². The Hall–Kier alpha value is -4.75. The van der Waals surface area contributed by atoms with Crippen LogP contribution in [0, 0.1) is 5.82 Å². The highest BCUT2D eigenvalue weighted by Gasteiger charge is 2.18. The van der Waals surface area contributed by atoms with Crippen LogP contribution in [-0.4, -0.2) is 55.8 Å². The van der Waals surface area contributed by atoms with Crippen LogP contribution in [0.1, 0.15) is 19.4 Å². The van der Waals surface area contributed by atoms with Gasteiger partial charge in [0.15, 0.2) is 11.5 Å². The summed E-state index contributed by atoms with van der Waals surface area (Å²) in [4.78, 5) is 21.4. The van der Waals surface area contributed by atoms with Gasteiger partial charge in [-0.05, 0) is 61.4 Å². The van der Waals surface area contributed by atoms with Crippen molar-refractivity contribution in [2.75, 3.05) is 11.6 Å². The Morgan fingerprint density at radius 2 is 1.88 bits per heavy atom. The molecule has 0 aliphatic heterocycles. The lowest BCUT2D eigenvalue weighted by Crippen LogP contribution is -2.21. The first kappa shape index (κ1) is 26.5. The van der Waals surface area contributed by atoms with E-state index in [1.165, 1.54) is 12.1 Å². The maximum atomic E-state index is 14.6. The molecule has 0 saturated heterocycles. The Morgan fingerprint density at radius 3 is 2.68 bits per heavy atom. The van der Waals surface area contributed by atoms with Crippen molar-refractivity contribution < 1.29 is 12.8 Å². The first-order valence-corrected chi connectivity index (χ1v) is 14.7. The zero-order chi connectivity index (χ0) is 28.7. The third-order valence-corrected chi connectivity index (χ3v) is 7.02. The van der Waals surface area contributed by atoms with Gasteiger partial charge in [0.25, 0.3) is 0 Å². The average Bonchev–Trinajstić information content (AvgIpc) is 3.54. The van der Waals surface area contributed by atoms with Crippen LogP contribution in [0.2, 0.25) is 0 Å². The van der Waals surface area contributed by atoms with E-state index in [1.54, 1.807) is 36.9 Å². The summed E-state index contributed by atoms with van der Waals surface area (Å²) in [6.07, 6.45) is 7.91. The third-order valence-electron chi connectivity index (χ3n) is 6.35. The van der Waals surface area contributed by atoms with Gasteiger partial charge in [-0.25, -0.2) is 27.5 Å². The highest BCUT2D eigenvalue weighted by molar-refractivity contribution is 7.88. The number of pyridine rings is 3. The number of fused-ring (bicyclic) bond motifs is 2. The number of anilines is 1. The Balaban J connectivity index is 1.40. The molecule has 0 amide bonds. The Bertz CT molecular complexity index is 2020. The van der Waals surface area contributed by atoms with Crippen LogP contribution in [0.4, 0.5) is 10.1 Å². The summed E-state index contributed by atoms with van der Waals surface area (Å²) in [6.45, 7) is 4.09. The van der Waals surface area contributed by atoms with Gasteiger partial charge >= 0.3 is 0 Å². The van der Waals surface area contributed by atoms with Crippen LogP contribution in [0.15, 0.2) is 61.2 Å². The van der Waals surface area contributed by atoms with Crippen molar-refractivity contribution in [3.63, 3.8) is 0 Å². The molecular formula is C28H26FN9O2S. The highest BCUT2D eigenvalue weighted by atomic mass is 32.2. The van der Waals surface area contributed by atoms with Crippen molar-refractivity contribution in [2.45, 2.75) is 26.4 Å². The lowest BCUT2D eigenvalue weighted by atomic mass is 10.0. The molecule has 6 rings (SSSR count). The third kappa shape index (κ3) is 5.62. The summed E-state index contributed by atoms with van der Waals surface area (Å²) in [5.74, 6) is -0.0129. The minimum absolute atomic E-state index is 0.0365. The summed E-state index contributed by atoms with van der Waals surface area (Å²) in [5, 5.41) is 11.7. The van der Waals surface area contributed by atoms with Crippen LogP contribution in [-0.2, 0) is 16.6 Å². The molecule has 0 atom stereocenters. The Morgan fingerprint density at radius 1 is 1.02 bits per heavy atom. The molecule has 0 fully saturated rings. The van der Waals surface area contributed by atoms with E-state index in [4.69, 9.17) is 4.98 Å². The summed E-state index contributed by atoms with van der Waals surface area (Å²) in [7, 11) is -3.44. The van der Waals surface area contributed by atoms with Gasteiger partial charge in [0.1, 0.15) is 17.0 Å². The zero-order valence-corrected chi connectivity index (χ0v) is 23.2. The second-order valence-corrected chi connectivity index (χ2v) is 11.9. The summed E-state index contributed by atoms with van der Waals surface area (Å²) < 4.78 is 40.0. The predicted octanol–water partition coefficient (Wildman–Crippen LogP) is 4.63. The molecule has 0 spiro atoms. The molecule has 0 unspecified atom stereocenters. The van der Waals surface area contributed by atoms with E-state index < -0.39 is 15.8 Å². The van der Waals surface area contributed by atoms with Crippen LogP contribution in [0.3, 0.4) is 0 Å². The fourth-order valence-electron chi connectivity index (χ4n) is 4.63. The smallest absolute Gasteiger partial charge is 0.209 e. The number of benzene rings is 1. The van der Waals surface area contributed by atoms with E-state index in [1.807, 2.05) is 12.1 Å². The highest BCUT2D eigenvalue weighted by Crippen LogP contribution is 2.32. The fraction of sp³-hybridized carbons (Fsp3) is 0.179. The van der Waals surface area contributed by atoms with Crippen molar-refractivity contribution in [3.05, 3.63) is 72.6 Å². The maximum Gasteiger partial charge on any atom is 0.209 e. The van der Waals surface area contributed by atoms with Gasteiger partial charge in [-0.15, -0.1) is 0 Å². The first-order chi connectivity index (χ1) is 19.6. The molecule has 4 N–H and O–H groups in total. The number of nitrogens with zero attached hydrogens (tertiary/aromatic N) is 5. The number of aromatic nitrogens is 7.